The number of rotatable bonds is 7. The van der Waals surface area contributed by atoms with Crippen molar-refractivity contribution in [2.45, 2.75) is 25.8 Å². The molecule has 0 radical (unpaired) electrons. The number of hydrogen-bond donors (Lipinski definition) is 3. The van der Waals surface area contributed by atoms with Crippen LogP contribution in [0.4, 0.5) is 5.69 Å². The minimum atomic E-state index is -0.135. The minimum Gasteiger partial charge on any atom is -0.383 e. The summed E-state index contributed by atoms with van der Waals surface area (Å²) in [6.45, 7) is 3.07. The molecular formula is C16H25N5O3. The van der Waals surface area contributed by atoms with Crippen LogP contribution in [0.25, 0.3) is 0 Å². The van der Waals surface area contributed by atoms with Gasteiger partial charge in [-0.05, 0) is 37.8 Å². The van der Waals surface area contributed by atoms with E-state index in [4.69, 9.17) is 4.74 Å². The number of nitrogens with zero attached hydrogens (tertiary/aromatic N) is 2. The lowest BCUT2D eigenvalue weighted by Crippen LogP contribution is -2.31. The molecule has 1 aromatic rings. The average molecular weight is 335 g/mol. The Morgan fingerprint density at radius 2 is 2.25 bits per heavy atom. The average Bonchev–Trinajstić information content (AvgIpc) is 3.07. The van der Waals surface area contributed by atoms with Gasteiger partial charge >= 0.3 is 0 Å². The number of carbonyl (C=O) groups excluding carboxylic acids is 2. The van der Waals surface area contributed by atoms with Gasteiger partial charge < -0.3 is 20.7 Å². The van der Waals surface area contributed by atoms with Crippen molar-refractivity contribution in [2.75, 3.05) is 38.7 Å². The fraction of sp³-hybridized carbons (Fsp3) is 0.688. The SMILES string of the molecule is COCCNC(=O)Cn1cc(NC(=O)C2CC23CCNCC3)cn1. The summed E-state index contributed by atoms with van der Waals surface area (Å²) in [5.74, 6) is 0.0465. The molecule has 24 heavy (non-hydrogen) atoms. The number of ether oxygens (including phenoxy) is 1. The first-order valence-corrected chi connectivity index (χ1v) is 8.43. The molecule has 3 rings (SSSR count). The third-order valence-electron chi connectivity index (χ3n) is 4.94. The number of amides is 2. The third kappa shape index (κ3) is 3.93. The van der Waals surface area contributed by atoms with E-state index in [1.807, 2.05) is 0 Å². The van der Waals surface area contributed by atoms with Crippen molar-refractivity contribution in [3.05, 3.63) is 12.4 Å². The standard InChI is InChI=1S/C16H25N5O3/c1-24-7-6-18-14(22)11-21-10-12(9-19-21)20-15(23)13-8-16(13)2-4-17-5-3-16/h9-10,13,17H,2-8,11H2,1H3,(H,18,22)(H,20,23). The fourth-order valence-electron chi connectivity index (χ4n) is 3.44. The molecule has 1 unspecified atom stereocenters. The van der Waals surface area contributed by atoms with Crippen LogP contribution in [0.3, 0.4) is 0 Å². The summed E-state index contributed by atoms with van der Waals surface area (Å²) in [4.78, 5) is 24.1. The Morgan fingerprint density at radius 3 is 3.00 bits per heavy atom. The summed E-state index contributed by atoms with van der Waals surface area (Å²) in [5.41, 5.74) is 0.854. The van der Waals surface area contributed by atoms with Crippen LogP contribution < -0.4 is 16.0 Å². The number of anilines is 1. The van der Waals surface area contributed by atoms with Crippen molar-refractivity contribution >= 4 is 17.5 Å². The Bertz CT molecular complexity index is 594. The maximum atomic E-state index is 12.4. The van der Waals surface area contributed by atoms with E-state index in [1.54, 1.807) is 19.5 Å². The highest BCUT2D eigenvalue weighted by Gasteiger charge is 2.57. The zero-order valence-corrected chi connectivity index (χ0v) is 14.0. The predicted octanol–water partition coefficient (Wildman–Crippen LogP) is -0.0261. The lowest BCUT2D eigenvalue weighted by molar-refractivity contribution is -0.122. The summed E-state index contributed by atoms with van der Waals surface area (Å²) in [6, 6.07) is 0. The molecule has 8 heteroatoms. The summed E-state index contributed by atoms with van der Waals surface area (Å²) in [5, 5.41) is 13.1. The van der Waals surface area contributed by atoms with Crippen molar-refractivity contribution in [3.8, 4) is 0 Å². The van der Waals surface area contributed by atoms with Crippen LogP contribution in [0.15, 0.2) is 12.4 Å². The molecule has 2 fully saturated rings. The van der Waals surface area contributed by atoms with E-state index in [9.17, 15) is 9.59 Å². The minimum absolute atomic E-state index is 0.0704. The fourth-order valence-corrected chi connectivity index (χ4v) is 3.44. The molecule has 2 aliphatic rings. The maximum absolute atomic E-state index is 12.4. The zero-order chi connectivity index (χ0) is 17.0. The van der Waals surface area contributed by atoms with Crippen molar-refractivity contribution in [3.63, 3.8) is 0 Å². The summed E-state index contributed by atoms with van der Waals surface area (Å²) in [7, 11) is 1.59. The number of nitrogens with one attached hydrogen (secondary N) is 3. The highest BCUT2D eigenvalue weighted by molar-refractivity contribution is 5.94. The lowest BCUT2D eigenvalue weighted by Gasteiger charge is -2.23. The Morgan fingerprint density at radius 1 is 1.46 bits per heavy atom. The molecule has 3 N–H and O–H groups in total. The molecule has 1 aliphatic carbocycles. The van der Waals surface area contributed by atoms with Gasteiger partial charge in [0.15, 0.2) is 0 Å². The number of aromatic nitrogens is 2. The highest BCUT2D eigenvalue weighted by Crippen LogP contribution is 2.58. The van der Waals surface area contributed by atoms with Crippen molar-refractivity contribution in [1.82, 2.24) is 20.4 Å². The largest absolute Gasteiger partial charge is 0.383 e. The van der Waals surface area contributed by atoms with Crippen LogP contribution in [0.2, 0.25) is 0 Å². The molecule has 8 nitrogen and oxygen atoms in total. The first-order valence-electron chi connectivity index (χ1n) is 8.43. The number of methoxy groups -OCH3 is 1. The molecule has 0 bridgehead atoms. The molecule has 132 valence electrons. The predicted molar refractivity (Wildman–Crippen MR) is 88.4 cm³/mol. The first kappa shape index (κ1) is 16.9. The third-order valence-corrected chi connectivity index (χ3v) is 4.94. The lowest BCUT2D eigenvalue weighted by atomic mass is 9.92. The molecule has 0 aromatic carbocycles. The number of carbonyl (C=O) groups is 2. The van der Waals surface area contributed by atoms with E-state index in [-0.39, 0.29) is 29.7 Å². The van der Waals surface area contributed by atoms with Crippen molar-refractivity contribution in [1.29, 1.82) is 0 Å². The van der Waals surface area contributed by atoms with E-state index < -0.39 is 0 Å². The van der Waals surface area contributed by atoms with Crippen molar-refractivity contribution in [2.24, 2.45) is 11.3 Å². The topological polar surface area (TPSA) is 97.3 Å². The zero-order valence-electron chi connectivity index (χ0n) is 14.0. The summed E-state index contributed by atoms with van der Waals surface area (Å²) >= 11 is 0. The van der Waals surface area contributed by atoms with Gasteiger partial charge in [-0.1, -0.05) is 0 Å². The van der Waals surface area contributed by atoms with E-state index in [0.29, 0.717) is 18.8 Å². The first-order chi connectivity index (χ1) is 11.6. The van der Waals surface area contributed by atoms with Crippen LogP contribution in [0.1, 0.15) is 19.3 Å². The maximum Gasteiger partial charge on any atom is 0.241 e. The van der Waals surface area contributed by atoms with Crippen LogP contribution >= 0.6 is 0 Å². The van der Waals surface area contributed by atoms with Crippen LogP contribution in [0.5, 0.6) is 0 Å². The van der Waals surface area contributed by atoms with Crippen LogP contribution in [0, 0.1) is 11.3 Å². The Kier molecular flexibility index (Phi) is 5.15. The molecule has 2 heterocycles. The number of hydrogen-bond acceptors (Lipinski definition) is 5. The van der Waals surface area contributed by atoms with Gasteiger partial charge in [-0.3, -0.25) is 14.3 Å². The summed E-state index contributed by atoms with van der Waals surface area (Å²) in [6.07, 6.45) is 6.40. The van der Waals surface area contributed by atoms with Gasteiger partial charge in [0, 0.05) is 25.8 Å². The quantitative estimate of drug-likeness (QED) is 0.608. The van der Waals surface area contributed by atoms with E-state index in [0.717, 1.165) is 32.4 Å². The van der Waals surface area contributed by atoms with Gasteiger partial charge in [0.2, 0.25) is 11.8 Å². The second-order valence-corrected chi connectivity index (χ2v) is 6.63. The van der Waals surface area contributed by atoms with Gasteiger partial charge in [-0.2, -0.15) is 5.10 Å². The van der Waals surface area contributed by atoms with Gasteiger partial charge in [-0.15, -0.1) is 0 Å². The van der Waals surface area contributed by atoms with E-state index >= 15 is 0 Å². The molecule has 1 aromatic heterocycles. The second-order valence-electron chi connectivity index (χ2n) is 6.63. The molecule has 1 aliphatic heterocycles. The van der Waals surface area contributed by atoms with E-state index in [1.165, 1.54) is 4.68 Å². The number of piperidine rings is 1. The highest BCUT2D eigenvalue weighted by atomic mass is 16.5. The van der Waals surface area contributed by atoms with E-state index in [2.05, 4.69) is 21.0 Å². The molecule has 1 spiro atoms. The Hall–Kier alpha value is -1.93. The Balaban J connectivity index is 1.46. The van der Waals surface area contributed by atoms with Crippen molar-refractivity contribution < 1.29 is 14.3 Å². The van der Waals surface area contributed by atoms with Gasteiger partial charge in [0.1, 0.15) is 6.54 Å². The van der Waals surface area contributed by atoms with Gasteiger partial charge in [-0.25, -0.2) is 0 Å². The molecule has 1 saturated heterocycles. The molecular weight excluding hydrogens is 310 g/mol. The van der Waals surface area contributed by atoms with Crippen LogP contribution in [-0.2, 0) is 20.9 Å². The smallest absolute Gasteiger partial charge is 0.241 e. The van der Waals surface area contributed by atoms with Crippen LogP contribution in [-0.4, -0.2) is 54.9 Å². The molecule has 1 atom stereocenters. The summed E-state index contributed by atoms with van der Waals surface area (Å²) < 4.78 is 6.40. The monoisotopic (exact) mass is 335 g/mol. The Labute approximate surface area is 141 Å². The molecule has 1 saturated carbocycles. The normalized spacial score (nSPS) is 21.5. The second kappa shape index (κ2) is 7.31. The van der Waals surface area contributed by atoms with Gasteiger partial charge in [0.05, 0.1) is 18.5 Å². The van der Waals surface area contributed by atoms with Gasteiger partial charge in [0.25, 0.3) is 0 Å². The molecule has 2 amide bonds.